The predicted molar refractivity (Wildman–Crippen MR) is 139 cm³/mol. The Balaban J connectivity index is 2.40. The van der Waals surface area contributed by atoms with Gasteiger partial charge < -0.3 is 15.0 Å². The van der Waals surface area contributed by atoms with Crippen LogP contribution in [0.15, 0.2) is 48.5 Å². The maximum Gasteiger partial charge on any atom is 0.244 e. The number of methoxy groups -OCH3 is 1. The van der Waals surface area contributed by atoms with Crippen LogP contribution in [0.25, 0.3) is 0 Å². The number of nitrogens with one attached hydrogen (secondary N) is 1. The summed E-state index contributed by atoms with van der Waals surface area (Å²) in [4.78, 5) is 28.1. The van der Waals surface area contributed by atoms with E-state index >= 15 is 0 Å². The summed E-state index contributed by atoms with van der Waals surface area (Å²) in [7, 11) is -2.33. The molecule has 0 aliphatic rings. The number of rotatable bonds is 13. The molecule has 35 heavy (non-hydrogen) atoms. The number of benzene rings is 2. The molecule has 8 nitrogen and oxygen atoms in total. The number of amides is 2. The maximum absolute atomic E-state index is 13.6. The lowest BCUT2D eigenvalue weighted by atomic mass is 10.1. The smallest absolute Gasteiger partial charge is 0.244 e. The molecule has 2 rings (SSSR count). The van der Waals surface area contributed by atoms with Crippen molar-refractivity contribution < 1.29 is 22.7 Å². The highest BCUT2D eigenvalue weighted by Gasteiger charge is 2.31. The van der Waals surface area contributed by atoms with Gasteiger partial charge >= 0.3 is 0 Å². The van der Waals surface area contributed by atoms with E-state index in [1.54, 1.807) is 48.5 Å². The zero-order valence-corrected chi connectivity index (χ0v) is 22.2. The van der Waals surface area contributed by atoms with Gasteiger partial charge in [-0.25, -0.2) is 8.42 Å². The first-order valence-corrected chi connectivity index (χ1v) is 13.8. The van der Waals surface area contributed by atoms with Gasteiger partial charge in [-0.2, -0.15) is 0 Å². The number of ether oxygens (including phenoxy) is 1. The van der Waals surface area contributed by atoms with Crippen LogP contribution in [0.1, 0.15) is 38.7 Å². The van der Waals surface area contributed by atoms with Gasteiger partial charge in [0.05, 0.1) is 19.1 Å². The summed E-state index contributed by atoms with van der Waals surface area (Å²) in [5.74, 6) is -0.301. The monoisotopic (exact) mass is 523 g/mol. The molecule has 1 N–H and O–H groups in total. The largest absolute Gasteiger partial charge is 0.497 e. The molecule has 0 heterocycles. The van der Waals surface area contributed by atoms with Crippen LogP contribution >= 0.6 is 11.6 Å². The van der Waals surface area contributed by atoms with Crippen LogP contribution in [-0.2, 0) is 26.2 Å². The van der Waals surface area contributed by atoms with Crippen molar-refractivity contribution in [3.63, 3.8) is 0 Å². The van der Waals surface area contributed by atoms with E-state index < -0.39 is 28.5 Å². The van der Waals surface area contributed by atoms with Gasteiger partial charge in [-0.15, -0.1) is 0 Å². The Kier molecular flexibility index (Phi) is 10.9. The van der Waals surface area contributed by atoms with Gasteiger partial charge in [0.2, 0.25) is 21.8 Å². The van der Waals surface area contributed by atoms with E-state index in [0.29, 0.717) is 29.4 Å². The van der Waals surface area contributed by atoms with Crippen molar-refractivity contribution in [2.75, 3.05) is 30.8 Å². The Labute approximate surface area is 213 Å². The van der Waals surface area contributed by atoms with Gasteiger partial charge in [-0.1, -0.05) is 50.1 Å². The molecular formula is C25H34ClN3O5S. The molecule has 0 aliphatic heterocycles. The third-order valence-corrected chi connectivity index (χ3v) is 6.89. The summed E-state index contributed by atoms with van der Waals surface area (Å²) in [5, 5.41) is 3.45. The number of unbranched alkanes of at least 4 members (excludes halogenated alkanes) is 1. The van der Waals surface area contributed by atoms with Crippen molar-refractivity contribution in [2.45, 2.75) is 45.7 Å². The van der Waals surface area contributed by atoms with E-state index in [0.717, 1.165) is 29.0 Å². The second-order valence-corrected chi connectivity index (χ2v) is 10.5. The first-order valence-electron chi connectivity index (χ1n) is 11.5. The van der Waals surface area contributed by atoms with E-state index in [4.69, 9.17) is 16.3 Å². The van der Waals surface area contributed by atoms with Crippen molar-refractivity contribution in [2.24, 2.45) is 0 Å². The number of halogens is 1. The summed E-state index contributed by atoms with van der Waals surface area (Å²) in [6.45, 7) is 4.03. The Bertz CT molecular complexity index is 1090. The van der Waals surface area contributed by atoms with Crippen LogP contribution in [-0.4, -0.2) is 57.6 Å². The number of carbonyl (C=O) groups excluding carboxylic acids is 2. The van der Waals surface area contributed by atoms with Crippen LogP contribution in [0.2, 0.25) is 5.02 Å². The highest BCUT2D eigenvalue weighted by Crippen LogP contribution is 2.24. The highest BCUT2D eigenvalue weighted by atomic mass is 35.5. The van der Waals surface area contributed by atoms with Gasteiger partial charge in [-0.3, -0.25) is 13.9 Å². The molecule has 192 valence electrons. The summed E-state index contributed by atoms with van der Waals surface area (Å²) in [6.07, 6.45) is 3.16. The molecule has 0 radical (unpaired) electrons. The number of nitrogens with zero attached hydrogens (tertiary/aromatic N) is 2. The number of hydrogen-bond donors (Lipinski definition) is 1. The second kappa shape index (κ2) is 13.3. The lowest BCUT2D eigenvalue weighted by Gasteiger charge is -2.33. The second-order valence-electron chi connectivity index (χ2n) is 8.19. The van der Waals surface area contributed by atoms with Crippen LogP contribution < -0.4 is 14.4 Å². The minimum absolute atomic E-state index is 0.130. The van der Waals surface area contributed by atoms with E-state index in [-0.39, 0.29) is 12.5 Å². The zero-order valence-electron chi connectivity index (χ0n) is 20.7. The third-order valence-electron chi connectivity index (χ3n) is 5.50. The Morgan fingerprint density at radius 1 is 1.11 bits per heavy atom. The number of hydrogen-bond acceptors (Lipinski definition) is 5. The molecule has 0 aromatic heterocycles. The molecule has 1 atom stereocenters. The maximum atomic E-state index is 13.6. The average molecular weight is 524 g/mol. The molecule has 0 bridgehead atoms. The van der Waals surface area contributed by atoms with Crippen LogP contribution in [0, 0.1) is 0 Å². The molecule has 10 heteroatoms. The van der Waals surface area contributed by atoms with Gasteiger partial charge in [0.25, 0.3) is 0 Å². The van der Waals surface area contributed by atoms with Crippen molar-refractivity contribution in [3.05, 3.63) is 59.1 Å². The standard InChI is InChI=1S/C25H34ClN3O5S/c1-5-7-15-27-25(31)23(6-2)28(17-19-11-13-20(26)14-12-19)24(30)18-29(35(4,32)33)21-9-8-10-22(16-21)34-3/h8-14,16,23H,5-7,15,17-18H2,1-4H3,(H,27,31)/t23-/m0/s1. The average Bonchev–Trinajstić information content (AvgIpc) is 2.83. The first kappa shape index (κ1) is 28.5. The molecule has 0 unspecified atom stereocenters. The van der Waals surface area contributed by atoms with Crippen molar-refractivity contribution in [1.29, 1.82) is 0 Å². The summed E-state index contributed by atoms with van der Waals surface area (Å²) < 4.78 is 31.5. The molecule has 2 aromatic rings. The molecule has 0 spiro atoms. The van der Waals surface area contributed by atoms with Crippen molar-refractivity contribution >= 4 is 39.1 Å². The molecule has 2 amide bonds. The Morgan fingerprint density at radius 2 is 1.80 bits per heavy atom. The normalized spacial score (nSPS) is 12.0. The van der Waals surface area contributed by atoms with Gasteiger partial charge in [-0.05, 0) is 42.7 Å². The molecule has 2 aromatic carbocycles. The molecule has 0 saturated heterocycles. The van der Waals surface area contributed by atoms with E-state index in [1.807, 2.05) is 13.8 Å². The molecule has 0 aliphatic carbocycles. The zero-order chi connectivity index (χ0) is 26.0. The van der Waals surface area contributed by atoms with Crippen molar-refractivity contribution in [3.8, 4) is 5.75 Å². The van der Waals surface area contributed by atoms with E-state index in [1.165, 1.54) is 12.0 Å². The highest BCUT2D eigenvalue weighted by molar-refractivity contribution is 7.92. The Morgan fingerprint density at radius 3 is 2.37 bits per heavy atom. The Hall–Kier alpha value is -2.78. The number of sulfonamides is 1. The van der Waals surface area contributed by atoms with Crippen LogP contribution in [0.4, 0.5) is 5.69 Å². The van der Waals surface area contributed by atoms with Crippen molar-refractivity contribution in [1.82, 2.24) is 10.2 Å². The van der Waals surface area contributed by atoms with Gasteiger partial charge in [0.15, 0.2) is 0 Å². The minimum atomic E-state index is -3.81. The van der Waals surface area contributed by atoms with Crippen LogP contribution in [0.5, 0.6) is 5.75 Å². The lowest BCUT2D eigenvalue weighted by molar-refractivity contribution is -0.140. The lowest BCUT2D eigenvalue weighted by Crippen LogP contribution is -2.52. The number of anilines is 1. The topological polar surface area (TPSA) is 96.0 Å². The van der Waals surface area contributed by atoms with Crippen LogP contribution in [0.3, 0.4) is 0 Å². The fraction of sp³-hybridized carbons (Fsp3) is 0.440. The third kappa shape index (κ3) is 8.43. The minimum Gasteiger partial charge on any atom is -0.497 e. The summed E-state index contributed by atoms with van der Waals surface area (Å²) in [6, 6.07) is 12.7. The van der Waals surface area contributed by atoms with E-state index in [2.05, 4.69) is 5.32 Å². The molecule has 0 fully saturated rings. The fourth-order valence-electron chi connectivity index (χ4n) is 3.59. The first-order chi connectivity index (χ1) is 16.6. The molecule has 0 saturated carbocycles. The van der Waals surface area contributed by atoms with Gasteiger partial charge in [0, 0.05) is 24.2 Å². The summed E-state index contributed by atoms with van der Waals surface area (Å²) >= 11 is 6.01. The number of carbonyl (C=O) groups is 2. The van der Waals surface area contributed by atoms with Gasteiger partial charge in [0.1, 0.15) is 18.3 Å². The SMILES string of the molecule is CCCCNC(=O)[C@H](CC)N(Cc1ccc(Cl)cc1)C(=O)CN(c1cccc(OC)c1)S(C)(=O)=O. The molecular weight excluding hydrogens is 490 g/mol. The fourth-order valence-corrected chi connectivity index (χ4v) is 4.56. The quantitative estimate of drug-likeness (QED) is 0.402. The summed E-state index contributed by atoms with van der Waals surface area (Å²) in [5.41, 5.74) is 1.07. The van der Waals surface area contributed by atoms with E-state index in [9.17, 15) is 18.0 Å². The predicted octanol–water partition coefficient (Wildman–Crippen LogP) is 3.84.